The fraction of sp³-hybridized carbons (Fsp3) is 1.00. The molecule has 0 amide bonds. The average Bonchev–Trinajstić information content (AvgIpc) is 2.35. The first-order chi connectivity index (χ1) is 8.33. The van der Waals surface area contributed by atoms with E-state index in [4.69, 9.17) is 14.9 Å². The highest BCUT2D eigenvalue weighted by Crippen LogP contribution is 1.98. The first-order valence-electron chi connectivity index (χ1n) is 6.70. The fourth-order valence-corrected chi connectivity index (χ4v) is 1.11. The van der Waals surface area contributed by atoms with Crippen molar-refractivity contribution in [3.05, 3.63) is 0 Å². The number of ether oxygens (including phenoxy) is 2. The van der Waals surface area contributed by atoms with Crippen molar-refractivity contribution < 1.29 is 19.7 Å². The Morgan fingerprint density at radius 1 is 0.647 bits per heavy atom. The Kier molecular flexibility index (Phi) is 23.9. The lowest BCUT2D eigenvalue weighted by Crippen LogP contribution is -2.03. The van der Waals surface area contributed by atoms with Gasteiger partial charge in [-0.05, 0) is 12.8 Å². The molecule has 0 aliphatic carbocycles. The molecule has 0 saturated heterocycles. The summed E-state index contributed by atoms with van der Waals surface area (Å²) in [5, 5.41) is 16.2. The SMILES string of the molecule is CCCCCCOCCC.OCCOCCO. The largest absolute Gasteiger partial charge is 0.394 e. The van der Waals surface area contributed by atoms with Gasteiger partial charge in [-0.3, -0.25) is 0 Å². The van der Waals surface area contributed by atoms with Crippen molar-refractivity contribution in [3.63, 3.8) is 0 Å². The van der Waals surface area contributed by atoms with E-state index in [2.05, 4.69) is 18.6 Å². The van der Waals surface area contributed by atoms with Crippen LogP contribution in [0.3, 0.4) is 0 Å². The van der Waals surface area contributed by atoms with E-state index in [1.165, 1.54) is 25.7 Å². The van der Waals surface area contributed by atoms with Crippen LogP contribution >= 0.6 is 0 Å². The van der Waals surface area contributed by atoms with Crippen molar-refractivity contribution in [2.45, 2.75) is 46.0 Å². The Bertz CT molecular complexity index is 97.6. The Hall–Kier alpha value is -0.160. The summed E-state index contributed by atoms with van der Waals surface area (Å²) in [6.45, 7) is 6.97. The molecule has 0 aromatic heterocycles. The molecule has 0 saturated carbocycles. The van der Waals surface area contributed by atoms with Gasteiger partial charge in [0, 0.05) is 13.2 Å². The Labute approximate surface area is 106 Å². The summed E-state index contributed by atoms with van der Waals surface area (Å²) in [5.74, 6) is 0. The number of hydrogen-bond donors (Lipinski definition) is 2. The van der Waals surface area contributed by atoms with Gasteiger partial charge in [0.05, 0.1) is 26.4 Å². The highest BCUT2D eigenvalue weighted by atomic mass is 16.5. The summed E-state index contributed by atoms with van der Waals surface area (Å²) in [6.07, 6.45) is 6.39. The molecule has 0 atom stereocenters. The third-order valence-corrected chi connectivity index (χ3v) is 1.96. The molecule has 0 aromatic rings. The van der Waals surface area contributed by atoms with Crippen molar-refractivity contribution in [1.29, 1.82) is 0 Å². The van der Waals surface area contributed by atoms with Gasteiger partial charge in [-0.2, -0.15) is 0 Å². The quantitative estimate of drug-likeness (QED) is 0.551. The van der Waals surface area contributed by atoms with Crippen molar-refractivity contribution >= 4 is 0 Å². The van der Waals surface area contributed by atoms with E-state index in [-0.39, 0.29) is 13.2 Å². The number of rotatable bonds is 11. The van der Waals surface area contributed by atoms with Crippen LogP contribution in [0.4, 0.5) is 0 Å². The first kappa shape index (κ1) is 19.2. The maximum atomic E-state index is 8.09. The van der Waals surface area contributed by atoms with Gasteiger partial charge in [0.2, 0.25) is 0 Å². The second-order valence-corrected chi connectivity index (χ2v) is 3.73. The predicted molar refractivity (Wildman–Crippen MR) is 70.2 cm³/mol. The van der Waals surface area contributed by atoms with Gasteiger partial charge in [-0.15, -0.1) is 0 Å². The lowest BCUT2D eigenvalue weighted by atomic mass is 10.2. The molecule has 0 aliphatic heterocycles. The summed E-state index contributed by atoms with van der Waals surface area (Å²) >= 11 is 0. The molecule has 17 heavy (non-hydrogen) atoms. The predicted octanol–water partition coefficient (Wildman–Crippen LogP) is 1.98. The molecule has 0 spiro atoms. The molecule has 0 unspecified atom stereocenters. The Morgan fingerprint density at radius 2 is 1.24 bits per heavy atom. The number of aliphatic hydroxyl groups excluding tert-OH is 2. The molecular weight excluding hydrogens is 220 g/mol. The van der Waals surface area contributed by atoms with Gasteiger partial charge in [0.25, 0.3) is 0 Å². The van der Waals surface area contributed by atoms with Crippen LogP contribution in [0.5, 0.6) is 0 Å². The monoisotopic (exact) mass is 250 g/mol. The molecule has 0 fully saturated rings. The normalized spacial score (nSPS) is 9.88. The van der Waals surface area contributed by atoms with Crippen LogP contribution in [0.1, 0.15) is 46.0 Å². The molecule has 106 valence electrons. The third kappa shape index (κ3) is 25.8. The van der Waals surface area contributed by atoms with Gasteiger partial charge in [0.15, 0.2) is 0 Å². The van der Waals surface area contributed by atoms with Crippen LogP contribution in [0, 0.1) is 0 Å². The van der Waals surface area contributed by atoms with E-state index >= 15 is 0 Å². The summed E-state index contributed by atoms with van der Waals surface area (Å²) in [4.78, 5) is 0. The van der Waals surface area contributed by atoms with E-state index in [1.54, 1.807) is 0 Å². The minimum absolute atomic E-state index is 0.0278. The lowest BCUT2D eigenvalue weighted by Gasteiger charge is -2.00. The second kappa shape index (κ2) is 21.2. The van der Waals surface area contributed by atoms with Crippen LogP contribution in [-0.2, 0) is 9.47 Å². The van der Waals surface area contributed by atoms with Crippen LogP contribution in [0.2, 0.25) is 0 Å². The maximum Gasteiger partial charge on any atom is 0.0698 e. The van der Waals surface area contributed by atoms with Crippen LogP contribution < -0.4 is 0 Å². The van der Waals surface area contributed by atoms with E-state index in [0.29, 0.717) is 13.2 Å². The number of hydrogen-bond acceptors (Lipinski definition) is 4. The molecule has 0 aromatic carbocycles. The average molecular weight is 250 g/mol. The second-order valence-electron chi connectivity index (χ2n) is 3.73. The zero-order valence-corrected chi connectivity index (χ0v) is 11.5. The van der Waals surface area contributed by atoms with Crippen LogP contribution in [0.15, 0.2) is 0 Å². The molecule has 0 aliphatic rings. The summed E-state index contributed by atoms with van der Waals surface area (Å²) in [5.41, 5.74) is 0. The zero-order chi connectivity index (χ0) is 13.2. The van der Waals surface area contributed by atoms with Crippen LogP contribution in [0.25, 0.3) is 0 Å². The van der Waals surface area contributed by atoms with E-state index in [1.807, 2.05) is 0 Å². The molecule has 0 radical (unpaired) electrons. The number of unbranched alkanes of at least 4 members (excludes halogenated alkanes) is 3. The Balaban J connectivity index is 0. The molecule has 4 heteroatoms. The van der Waals surface area contributed by atoms with Gasteiger partial charge in [-0.1, -0.05) is 33.1 Å². The molecule has 0 heterocycles. The highest BCUT2D eigenvalue weighted by Gasteiger charge is 1.86. The van der Waals surface area contributed by atoms with Gasteiger partial charge < -0.3 is 19.7 Å². The van der Waals surface area contributed by atoms with Crippen molar-refractivity contribution in [2.75, 3.05) is 39.6 Å². The van der Waals surface area contributed by atoms with Crippen molar-refractivity contribution in [3.8, 4) is 0 Å². The van der Waals surface area contributed by atoms with E-state index in [9.17, 15) is 0 Å². The summed E-state index contributed by atoms with van der Waals surface area (Å²) in [7, 11) is 0. The fourth-order valence-electron chi connectivity index (χ4n) is 1.11. The van der Waals surface area contributed by atoms with E-state index < -0.39 is 0 Å². The molecule has 0 bridgehead atoms. The van der Waals surface area contributed by atoms with E-state index in [0.717, 1.165) is 19.6 Å². The molecule has 4 nitrogen and oxygen atoms in total. The first-order valence-corrected chi connectivity index (χ1v) is 6.70. The maximum absolute atomic E-state index is 8.09. The summed E-state index contributed by atoms with van der Waals surface area (Å²) < 4.78 is 9.96. The molecular formula is C13H30O4. The highest BCUT2D eigenvalue weighted by molar-refractivity contribution is 4.38. The van der Waals surface area contributed by atoms with Gasteiger partial charge in [0.1, 0.15) is 0 Å². The smallest absolute Gasteiger partial charge is 0.0698 e. The standard InChI is InChI=1S/C9H20O.C4H10O3/c1-3-5-6-7-9-10-8-4-2;5-1-3-7-4-2-6/h3-9H2,1-2H3;5-6H,1-4H2. The van der Waals surface area contributed by atoms with Gasteiger partial charge >= 0.3 is 0 Å². The van der Waals surface area contributed by atoms with Crippen molar-refractivity contribution in [2.24, 2.45) is 0 Å². The summed E-state index contributed by atoms with van der Waals surface area (Å²) in [6, 6.07) is 0. The molecule has 0 rings (SSSR count). The minimum atomic E-state index is 0.0278. The zero-order valence-electron chi connectivity index (χ0n) is 11.5. The minimum Gasteiger partial charge on any atom is -0.394 e. The molecule has 2 N–H and O–H groups in total. The van der Waals surface area contributed by atoms with Gasteiger partial charge in [-0.25, -0.2) is 0 Å². The third-order valence-electron chi connectivity index (χ3n) is 1.96. The van der Waals surface area contributed by atoms with Crippen molar-refractivity contribution in [1.82, 2.24) is 0 Å². The number of aliphatic hydroxyl groups is 2. The Morgan fingerprint density at radius 3 is 1.71 bits per heavy atom. The van der Waals surface area contributed by atoms with Crippen LogP contribution in [-0.4, -0.2) is 49.9 Å². The lowest BCUT2D eigenvalue weighted by molar-refractivity contribution is 0.0650. The topological polar surface area (TPSA) is 58.9 Å².